The molecular weight excluding hydrogens is 464 g/mol. The Morgan fingerprint density at radius 1 is 1.06 bits per heavy atom. The summed E-state index contributed by atoms with van der Waals surface area (Å²) in [7, 11) is 0. The van der Waals surface area contributed by atoms with Crippen molar-refractivity contribution in [2.45, 2.75) is 67.5 Å². The van der Waals surface area contributed by atoms with Crippen LogP contribution in [0.1, 0.15) is 44.7 Å². The fourth-order valence-corrected chi connectivity index (χ4v) is 4.11. The monoisotopic (exact) mass is 492 g/mol. The Bertz CT molecular complexity index is 1030. The molecule has 1 saturated carbocycles. The van der Waals surface area contributed by atoms with Gasteiger partial charge in [-0.1, -0.05) is 42.3 Å². The number of thioether (sulfide) groups is 1. The molecule has 182 valence electrons. The quantitative estimate of drug-likeness (QED) is 0.254. The van der Waals surface area contributed by atoms with E-state index in [0.717, 1.165) is 16.0 Å². The SMILES string of the molecule is C#CC1(NC(=O)C(CC(C)(C)F)NC(c2ccc(-c3ccc(SC)cc3)cc2)C(F)(F)F)CC1. The molecule has 2 atom stereocenters. The van der Waals surface area contributed by atoms with Gasteiger partial charge in [0.15, 0.2) is 0 Å². The van der Waals surface area contributed by atoms with Crippen LogP contribution in [-0.4, -0.2) is 35.6 Å². The molecule has 1 aliphatic rings. The molecule has 1 aliphatic carbocycles. The molecule has 0 bridgehead atoms. The number of terminal acetylenes is 1. The highest BCUT2D eigenvalue weighted by Crippen LogP contribution is 2.37. The van der Waals surface area contributed by atoms with Crippen LogP contribution in [0.25, 0.3) is 11.1 Å². The standard InChI is InChI=1S/C26H28F4N2OS/c1-5-25(14-15-25)32-23(33)21(16-24(2,3)27)31-22(26(28,29)30)19-8-6-17(7-9-19)18-10-12-20(34-4)13-11-18/h1,6-13,21-22,31H,14-16H2,2-4H3,(H,32,33). The summed E-state index contributed by atoms with van der Waals surface area (Å²) >= 11 is 1.60. The van der Waals surface area contributed by atoms with Crippen molar-refractivity contribution in [2.24, 2.45) is 0 Å². The van der Waals surface area contributed by atoms with Crippen molar-refractivity contribution in [1.29, 1.82) is 0 Å². The number of hydrogen-bond donors (Lipinski definition) is 2. The third-order valence-corrected chi connectivity index (χ3v) is 6.50. The van der Waals surface area contributed by atoms with Crippen molar-refractivity contribution < 1.29 is 22.4 Å². The van der Waals surface area contributed by atoms with Crippen LogP contribution in [0.3, 0.4) is 0 Å². The summed E-state index contributed by atoms with van der Waals surface area (Å²) < 4.78 is 56.6. The summed E-state index contributed by atoms with van der Waals surface area (Å²) in [4.78, 5) is 13.9. The van der Waals surface area contributed by atoms with Crippen LogP contribution in [0, 0.1) is 12.3 Å². The molecule has 8 heteroatoms. The predicted octanol–water partition coefficient (Wildman–Crippen LogP) is 6.06. The molecular formula is C26H28F4N2OS. The molecule has 3 rings (SSSR count). The van der Waals surface area contributed by atoms with Gasteiger partial charge in [-0.25, -0.2) is 4.39 Å². The summed E-state index contributed by atoms with van der Waals surface area (Å²) in [6.45, 7) is 2.45. The van der Waals surface area contributed by atoms with E-state index in [0.29, 0.717) is 12.8 Å². The van der Waals surface area contributed by atoms with Crippen LogP contribution in [0.2, 0.25) is 0 Å². The summed E-state index contributed by atoms with van der Waals surface area (Å²) in [6, 6.07) is 10.1. The molecule has 0 saturated heterocycles. The van der Waals surface area contributed by atoms with Crippen molar-refractivity contribution in [3.8, 4) is 23.5 Å². The minimum atomic E-state index is -4.70. The third kappa shape index (κ3) is 6.77. The van der Waals surface area contributed by atoms with E-state index in [4.69, 9.17) is 6.42 Å². The Morgan fingerprint density at radius 3 is 2.00 bits per heavy atom. The van der Waals surface area contributed by atoms with Crippen LogP contribution in [-0.2, 0) is 4.79 Å². The second-order valence-corrected chi connectivity index (χ2v) is 10.1. The van der Waals surface area contributed by atoms with E-state index < -0.39 is 41.8 Å². The fraction of sp³-hybridized carbons (Fsp3) is 0.423. The third-order valence-electron chi connectivity index (χ3n) is 5.76. The lowest BCUT2D eigenvalue weighted by Crippen LogP contribution is -2.53. The number of nitrogens with one attached hydrogen (secondary N) is 2. The molecule has 1 fully saturated rings. The van der Waals surface area contributed by atoms with Gasteiger partial charge in [0.25, 0.3) is 0 Å². The molecule has 2 aromatic carbocycles. The molecule has 2 unspecified atom stereocenters. The van der Waals surface area contributed by atoms with Gasteiger partial charge >= 0.3 is 6.18 Å². The Labute approximate surface area is 202 Å². The van der Waals surface area contributed by atoms with Crippen molar-refractivity contribution in [1.82, 2.24) is 10.6 Å². The maximum Gasteiger partial charge on any atom is 0.407 e. The van der Waals surface area contributed by atoms with Crippen molar-refractivity contribution in [3.63, 3.8) is 0 Å². The molecule has 0 aromatic heterocycles. The number of alkyl halides is 4. The average Bonchev–Trinajstić information content (AvgIpc) is 3.55. The van der Waals surface area contributed by atoms with Gasteiger partial charge in [-0.3, -0.25) is 10.1 Å². The molecule has 2 aromatic rings. The average molecular weight is 493 g/mol. The normalized spacial score (nSPS) is 16.9. The molecule has 3 nitrogen and oxygen atoms in total. The van der Waals surface area contributed by atoms with Gasteiger partial charge in [0.05, 0.1) is 6.04 Å². The Hall–Kier alpha value is -2.50. The number of carbonyl (C=O) groups excluding carboxylic acids is 1. The molecule has 2 N–H and O–H groups in total. The molecule has 1 amide bonds. The van der Waals surface area contributed by atoms with Gasteiger partial charge in [-0.15, -0.1) is 18.2 Å². The van der Waals surface area contributed by atoms with Crippen LogP contribution in [0.4, 0.5) is 17.6 Å². The second kappa shape index (κ2) is 10.0. The number of rotatable bonds is 9. The summed E-state index contributed by atoms with van der Waals surface area (Å²) in [5, 5.41) is 4.98. The van der Waals surface area contributed by atoms with E-state index in [1.54, 1.807) is 23.9 Å². The fourth-order valence-electron chi connectivity index (χ4n) is 3.70. The van der Waals surface area contributed by atoms with E-state index >= 15 is 0 Å². The summed E-state index contributed by atoms with van der Waals surface area (Å²) in [6.07, 6.45) is 3.35. The Morgan fingerprint density at radius 2 is 1.59 bits per heavy atom. The number of amides is 1. The van der Waals surface area contributed by atoms with Crippen molar-refractivity contribution >= 4 is 17.7 Å². The Kier molecular flexibility index (Phi) is 7.69. The molecule has 0 heterocycles. The van der Waals surface area contributed by atoms with Crippen LogP contribution < -0.4 is 10.6 Å². The van der Waals surface area contributed by atoms with Gasteiger partial charge in [-0.2, -0.15) is 13.2 Å². The zero-order valence-corrected chi connectivity index (χ0v) is 20.1. The van der Waals surface area contributed by atoms with Gasteiger partial charge in [-0.05, 0) is 61.8 Å². The zero-order valence-electron chi connectivity index (χ0n) is 19.3. The van der Waals surface area contributed by atoms with E-state index in [-0.39, 0.29) is 5.56 Å². The van der Waals surface area contributed by atoms with E-state index in [2.05, 4.69) is 16.6 Å². The molecule has 0 spiro atoms. The maximum atomic E-state index is 14.4. The molecule has 34 heavy (non-hydrogen) atoms. The highest BCUT2D eigenvalue weighted by Gasteiger charge is 2.47. The molecule has 0 radical (unpaired) electrons. The summed E-state index contributed by atoms with van der Waals surface area (Å²) in [5.74, 6) is 1.73. The van der Waals surface area contributed by atoms with E-state index in [1.165, 1.54) is 26.0 Å². The van der Waals surface area contributed by atoms with Crippen molar-refractivity contribution in [2.75, 3.05) is 6.26 Å². The lowest BCUT2D eigenvalue weighted by molar-refractivity contribution is -0.161. The van der Waals surface area contributed by atoms with Crippen LogP contribution in [0.15, 0.2) is 53.4 Å². The van der Waals surface area contributed by atoms with E-state index in [9.17, 15) is 22.4 Å². The van der Waals surface area contributed by atoms with Gasteiger partial charge in [0.2, 0.25) is 5.91 Å². The Balaban J connectivity index is 1.85. The number of carbonyl (C=O) groups is 1. The van der Waals surface area contributed by atoms with Crippen molar-refractivity contribution in [3.05, 3.63) is 54.1 Å². The first kappa shape index (κ1) is 26.1. The predicted molar refractivity (Wildman–Crippen MR) is 128 cm³/mol. The summed E-state index contributed by atoms with van der Waals surface area (Å²) in [5.41, 5.74) is -1.14. The highest BCUT2D eigenvalue weighted by atomic mass is 32.2. The first-order valence-electron chi connectivity index (χ1n) is 10.9. The zero-order chi connectivity index (χ0) is 25.1. The number of benzene rings is 2. The first-order chi connectivity index (χ1) is 15.9. The number of hydrogen-bond acceptors (Lipinski definition) is 3. The first-order valence-corrected chi connectivity index (χ1v) is 12.1. The van der Waals surface area contributed by atoms with Gasteiger partial charge in [0, 0.05) is 11.3 Å². The second-order valence-electron chi connectivity index (χ2n) is 9.18. The smallest absolute Gasteiger partial charge is 0.338 e. The lowest BCUT2D eigenvalue weighted by atomic mass is 9.96. The minimum Gasteiger partial charge on any atom is -0.338 e. The van der Waals surface area contributed by atoms with Crippen LogP contribution in [0.5, 0.6) is 0 Å². The minimum absolute atomic E-state index is 0.0652. The topological polar surface area (TPSA) is 41.1 Å². The molecule has 0 aliphatic heterocycles. The lowest BCUT2D eigenvalue weighted by Gasteiger charge is -2.30. The van der Waals surface area contributed by atoms with E-state index in [1.807, 2.05) is 30.5 Å². The maximum absolute atomic E-state index is 14.4. The van der Waals surface area contributed by atoms with Crippen LogP contribution >= 0.6 is 11.8 Å². The van der Waals surface area contributed by atoms with Gasteiger partial charge in [0.1, 0.15) is 17.2 Å². The highest BCUT2D eigenvalue weighted by molar-refractivity contribution is 7.98. The largest absolute Gasteiger partial charge is 0.407 e. The van der Waals surface area contributed by atoms with Gasteiger partial charge < -0.3 is 5.32 Å². The number of halogens is 4.